The standard InChI is InChI=1S/C41H25N3O/c1-3-10-26(11-4-1)39-42-40(27-12-5-2-6-13-27)44-41(43-39)31-19-21-33-28(25-31)14-9-16-32(33)29-18-22-34-30(24-29)20-23-37-38(34)35-15-7-8-17-36(35)45-37/h1-25H. The van der Waals surface area contributed by atoms with Crippen molar-refractivity contribution in [2.75, 3.05) is 0 Å². The van der Waals surface area contributed by atoms with Gasteiger partial charge in [0.15, 0.2) is 17.5 Å². The second-order valence-corrected chi connectivity index (χ2v) is 11.3. The third-order valence-electron chi connectivity index (χ3n) is 8.51. The Morgan fingerprint density at radius 1 is 0.356 bits per heavy atom. The Morgan fingerprint density at radius 2 is 0.956 bits per heavy atom. The number of benzene rings is 7. The SMILES string of the molecule is c1ccc(-c2nc(-c3ccccc3)nc(-c3ccc4c(-c5ccc6c(ccc7oc8ccccc8c76)c5)cccc4c3)n2)cc1. The summed E-state index contributed by atoms with van der Waals surface area (Å²) in [6, 6.07) is 52.3. The maximum atomic E-state index is 6.13. The van der Waals surface area contributed by atoms with Crippen LogP contribution in [0.5, 0.6) is 0 Å². The minimum atomic E-state index is 0.650. The van der Waals surface area contributed by atoms with Crippen LogP contribution in [0.2, 0.25) is 0 Å². The number of hydrogen-bond donors (Lipinski definition) is 0. The van der Waals surface area contributed by atoms with Gasteiger partial charge in [-0.25, -0.2) is 15.0 Å². The highest BCUT2D eigenvalue weighted by atomic mass is 16.3. The molecule has 45 heavy (non-hydrogen) atoms. The molecular formula is C41H25N3O. The highest BCUT2D eigenvalue weighted by Gasteiger charge is 2.15. The lowest BCUT2D eigenvalue weighted by molar-refractivity contribution is 0.669. The first-order chi connectivity index (χ1) is 22.3. The summed E-state index contributed by atoms with van der Waals surface area (Å²) in [4.78, 5) is 14.7. The summed E-state index contributed by atoms with van der Waals surface area (Å²) in [6.45, 7) is 0. The molecule has 210 valence electrons. The zero-order valence-electron chi connectivity index (χ0n) is 24.2. The number of hydrogen-bond acceptors (Lipinski definition) is 4. The molecule has 4 heteroatoms. The van der Waals surface area contributed by atoms with E-state index >= 15 is 0 Å². The van der Waals surface area contributed by atoms with E-state index in [1.165, 1.54) is 32.7 Å². The van der Waals surface area contributed by atoms with Gasteiger partial charge in [0.1, 0.15) is 11.2 Å². The molecule has 2 heterocycles. The number of aromatic nitrogens is 3. The summed E-state index contributed by atoms with van der Waals surface area (Å²) in [5.74, 6) is 1.96. The third kappa shape index (κ3) is 4.35. The van der Waals surface area contributed by atoms with Crippen LogP contribution < -0.4 is 0 Å². The van der Waals surface area contributed by atoms with Crippen molar-refractivity contribution in [1.82, 2.24) is 15.0 Å². The Kier molecular flexibility index (Phi) is 5.78. The number of para-hydroxylation sites is 1. The van der Waals surface area contributed by atoms with E-state index in [2.05, 4.69) is 78.9 Å². The maximum Gasteiger partial charge on any atom is 0.164 e. The normalized spacial score (nSPS) is 11.6. The van der Waals surface area contributed by atoms with E-state index in [1.807, 2.05) is 72.8 Å². The van der Waals surface area contributed by atoms with Crippen molar-refractivity contribution >= 4 is 43.5 Å². The van der Waals surface area contributed by atoms with E-state index in [0.29, 0.717) is 17.5 Å². The molecular weight excluding hydrogens is 550 g/mol. The molecule has 0 aliphatic rings. The minimum Gasteiger partial charge on any atom is -0.456 e. The van der Waals surface area contributed by atoms with E-state index in [4.69, 9.17) is 19.4 Å². The average Bonchev–Trinajstić information content (AvgIpc) is 3.51. The van der Waals surface area contributed by atoms with E-state index in [1.54, 1.807) is 0 Å². The molecule has 0 saturated carbocycles. The van der Waals surface area contributed by atoms with Gasteiger partial charge in [0.05, 0.1) is 0 Å². The van der Waals surface area contributed by atoms with Crippen molar-refractivity contribution < 1.29 is 4.42 Å². The summed E-state index contributed by atoms with van der Waals surface area (Å²) in [6.07, 6.45) is 0. The second kappa shape index (κ2) is 10.2. The van der Waals surface area contributed by atoms with Crippen LogP contribution in [0.15, 0.2) is 156 Å². The lowest BCUT2D eigenvalue weighted by Crippen LogP contribution is -2.00. The average molecular weight is 576 g/mol. The Morgan fingerprint density at radius 3 is 1.71 bits per heavy atom. The molecule has 0 atom stereocenters. The van der Waals surface area contributed by atoms with E-state index in [9.17, 15) is 0 Å². The van der Waals surface area contributed by atoms with E-state index in [-0.39, 0.29) is 0 Å². The predicted octanol–water partition coefficient (Wildman–Crippen LogP) is 10.7. The molecule has 9 aromatic rings. The molecule has 0 amide bonds. The summed E-state index contributed by atoms with van der Waals surface area (Å²) in [5.41, 5.74) is 7.05. The second-order valence-electron chi connectivity index (χ2n) is 11.3. The fraction of sp³-hybridized carbons (Fsp3) is 0. The molecule has 0 fully saturated rings. The van der Waals surface area contributed by atoms with Gasteiger partial charge in [0, 0.05) is 27.5 Å². The van der Waals surface area contributed by atoms with Crippen molar-refractivity contribution in [3.8, 4) is 45.3 Å². The van der Waals surface area contributed by atoms with Gasteiger partial charge in [-0.05, 0) is 56.9 Å². The molecule has 2 aromatic heterocycles. The first kappa shape index (κ1) is 25.4. The van der Waals surface area contributed by atoms with Crippen LogP contribution in [0.25, 0.3) is 88.8 Å². The zero-order chi connectivity index (χ0) is 29.7. The molecule has 0 bridgehead atoms. The number of furan rings is 1. The van der Waals surface area contributed by atoms with Crippen molar-refractivity contribution in [3.63, 3.8) is 0 Å². The predicted molar refractivity (Wildman–Crippen MR) is 184 cm³/mol. The van der Waals surface area contributed by atoms with Crippen molar-refractivity contribution in [2.45, 2.75) is 0 Å². The topological polar surface area (TPSA) is 51.8 Å². The van der Waals surface area contributed by atoms with Crippen LogP contribution >= 0.6 is 0 Å². The van der Waals surface area contributed by atoms with Gasteiger partial charge in [-0.3, -0.25) is 0 Å². The zero-order valence-corrected chi connectivity index (χ0v) is 24.2. The van der Waals surface area contributed by atoms with Gasteiger partial charge in [0.2, 0.25) is 0 Å². The van der Waals surface area contributed by atoms with E-state index in [0.717, 1.165) is 38.6 Å². The van der Waals surface area contributed by atoms with Gasteiger partial charge in [-0.2, -0.15) is 0 Å². The van der Waals surface area contributed by atoms with Gasteiger partial charge in [0.25, 0.3) is 0 Å². The highest BCUT2D eigenvalue weighted by Crippen LogP contribution is 2.38. The van der Waals surface area contributed by atoms with Crippen LogP contribution in [0.3, 0.4) is 0 Å². The molecule has 9 rings (SSSR count). The molecule has 7 aromatic carbocycles. The quantitative estimate of drug-likeness (QED) is 0.209. The molecule has 0 aliphatic heterocycles. The summed E-state index contributed by atoms with van der Waals surface area (Å²) >= 11 is 0. The molecule has 0 saturated heterocycles. The highest BCUT2D eigenvalue weighted by molar-refractivity contribution is 6.19. The molecule has 0 radical (unpaired) electrons. The number of fused-ring (bicyclic) bond motifs is 6. The number of nitrogens with zero attached hydrogens (tertiary/aromatic N) is 3. The van der Waals surface area contributed by atoms with Crippen LogP contribution in [0.4, 0.5) is 0 Å². The smallest absolute Gasteiger partial charge is 0.164 e. The molecule has 4 nitrogen and oxygen atoms in total. The fourth-order valence-corrected chi connectivity index (χ4v) is 6.33. The summed E-state index contributed by atoms with van der Waals surface area (Å²) in [5, 5.41) is 7.00. The van der Waals surface area contributed by atoms with Crippen LogP contribution in [0, 0.1) is 0 Å². The lowest BCUT2D eigenvalue weighted by Gasteiger charge is -2.11. The van der Waals surface area contributed by atoms with Gasteiger partial charge in [-0.1, -0.05) is 127 Å². The molecule has 0 N–H and O–H groups in total. The van der Waals surface area contributed by atoms with Crippen molar-refractivity contribution in [1.29, 1.82) is 0 Å². The Balaban J connectivity index is 1.16. The molecule has 0 unspecified atom stereocenters. The van der Waals surface area contributed by atoms with E-state index < -0.39 is 0 Å². The van der Waals surface area contributed by atoms with Gasteiger partial charge >= 0.3 is 0 Å². The van der Waals surface area contributed by atoms with Gasteiger partial charge < -0.3 is 4.42 Å². The Hall–Kier alpha value is -6.13. The largest absolute Gasteiger partial charge is 0.456 e. The third-order valence-corrected chi connectivity index (χ3v) is 8.51. The first-order valence-electron chi connectivity index (χ1n) is 15.0. The van der Waals surface area contributed by atoms with Crippen LogP contribution in [-0.4, -0.2) is 15.0 Å². The minimum absolute atomic E-state index is 0.650. The Labute approximate surface area is 259 Å². The van der Waals surface area contributed by atoms with Crippen LogP contribution in [-0.2, 0) is 0 Å². The Bertz CT molecular complexity index is 2480. The molecule has 0 spiro atoms. The van der Waals surface area contributed by atoms with Crippen molar-refractivity contribution in [3.05, 3.63) is 152 Å². The first-order valence-corrected chi connectivity index (χ1v) is 15.0. The maximum absolute atomic E-state index is 6.13. The summed E-state index contributed by atoms with van der Waals surface area (Å²) < 4.78 is 6.13. The van der Waals surface area contributed by atoms with Crippen molar-refractivity contribution in [2.24, 2.45) is 0 Å². The fourth-order valence-electron chi connectivity index (χ4n) is 6.33. The number of rotatable bonds is 4. The molecule has 0 aliphatic carbocycles. The monoisotopic (exact) mass is 575 g/mol. The summed E-state index contributed by atoms with van der Waals surface area (Å²) in [7, 11) is 0. The lowest BCUT2D eigenvalue weighted by atomic mass is 9.94. The van der Waals surface area contributed by atoms with Crippen LogP contribution in [0.1, 0.15) is 0 Å². The van der Waals surface area contributed by atoms with Gasteiger partial charge in [-0.15, -0.1) is 0 Å².